The lowest BCUT2D eigenvalue weighted by molar-refractivity contribution is -0.151. The monoisotopic (exact) mass is 395 g/mol. The molecule has 29 heavy (non-hydrogen) atoms. The van der Waals surface area contributed by atoms with Gasteiger partial charge in [-0.1, -0.05) is 30.3 Å². The van der Waals surface area contributed by atoms with Gasteiger partial charge < -0.3 is 14.8 Å². The molecule has 1 amide bonds. The Morgan fingerprint density at radius 3 is 2.52 bits per heavy atom. The van der Waals surface area contributed by atoms with Crippen LogP contribution in [0.25, 0.3) is 0 Å². The van der Waals surface area contributed by atoms with Gasteiger partial charge in [0.2, 0.25) is 0 Å². The molecule has 0 aliphatic heterocycles. The molecule has 1 atom stereocenters. The molecular formula is C20H21N5O4. The average Bonchev–Trinajstić information content (AvgIpc) is 3.27. The minimum atomic E-state index is -0.773. The summed E-state index contributed by atoms with van der Waals surface area (Å²) >= 11 is 0. The van der Waals surface area contributed by atoms with Gasteiger partial charge in [-0.3, -0.25) is 4.79 Å². The molecule has 0 radical (unpaired) electrons. The molecule has 1 heterocycles. The second-order valence-electron chi connectivity index (χ2n) is 6.11. The summed E-state index contributed by atoms with van der Waals surface area (Å²) in [5, 5.41) is 13.6. The molecule has 0 unspecified atom stereocenters. The van der Waals surface area contributed by atoms with Crippen LogP contribution < -0.4 is 10.1 Å². The first kappa shape index (κ1) is 20.0. The molecule has 150 valence electrons. The highest BCUT2D eigenvalue weighted by Crippen LogP contribution is 2.17. The number of anilines is 1. The van der Waals surface area contributed by atoms with Crippen LogP contribution in [0.3, 0.4) is 0 Å². The Morgan fingerprint density at radius 1 is 1.10 bits per heavy atom. The summed E-state index contributed by atoms with van der Waals surface area (Å²) in [5.41, 5.74) is 1.50. The summed E-state index contributed by atoms with van der Waals surface area (Å²) in [4.78, 5) is 24.7. The SMILES string of the molecule is CCOc1ccc(NC(=O)COC(=O)[C@@H](Cc2ccccc2)n2cnnn2)cc1. The van der Waals surface area contributed by atoms with Crippen LogP contribution in [0.15, 0.2) is 60.9 Å². The van der Waals surface area contributed by atoms with Crippen molar-refractivity contribution in [1.82, 2.24) is 20.2 Å². The Hall–Kier alpha value is -3.75. The van der Waals surface area contributed by atoms with Crippen molar-refractivity contribution in [3.8, 4) is 5.75 Å². The van der Waals surface area contributed by atoms with Crippen molar-refractivity contribution in [3.05, 3.63) is 66.5 Å². The first-order valence-electron chi connectivity index (χ1n) is 9.11. The minimum Gasteiger partial charge on any atom is -0.494 e. The van der Waals surface area contributed by atoms with Crippen molar-refractivity contribution in [1.29, 1.82) is 0 Å². The highest BCUT2D eigenvalue weighted by atomic mass is 16.5. The van der Waals surface area contributed by atoms with E-state index in [0.29, 0.717) is 24.5 Å². The number of amides is 1. The largest absolute Gasteiger partial charge is 0.494 e. The van der Waals surface area contributed by atoms with Gasteiger partial charge >= 0.3 is 5.97 Å². The Labute approximate surface area is 167 Å². The van der Waals surface area contributed by atoms with E-state index in [1.165, 1.54) is 11.0 Å². The third-order valence-electron chi connectivity index (χ3n) is 4.02. The second-order valence-corrected chi connectivity index (χ2v) is 6.11. The van der Waals surface area contributed by atoms with Crippen LogP contribution in [0.4, 0.5) is 5.69 Å². The van der Waals surface area contributed by atoms with E-state index in [1.807, 2.05) is 37.3 Å². The summed E-state index contributed by atoms with van der Waals surface area (Å²) in [6.07, 6.45) is 1.68. The van der Waals surface area contributed by atoms with E-state index in [9.17, 15) is 9.59 Å². The van der Waals surface area contributed by atoms with Gasteiger partial charge in [-0.15, -0.1) is 5.10 Å². The van der Waals surface area contributed by atoms with Crippen LogP contribution >= 0.6 is 0 Å². The number of nitrogens with zero attached hydrogens (tertiary/aromatic N) is 4. The van der Waals surface area contributed by atoms with Gasteiger partial charge in [-0.05, 0) is 47.2 Å². The smallest absolute Gasteiger partial charge is 0.331 e. The molecule has 1 N–H and O–H groups in total. The average molecular weight is 395 g/mol. The van der Waals surface area contributed by atoms with Crippen LogP contribution in [0.5, 0.6) is 5.75 Å². The predicted octanol–water partition coefficient (Wildman–Crippen LogP) is 2.04. The van der Waals surface area contributed by atoms with Crippen LogP contribution in [-0.4, -0.2) is 45.3 Å². The zero-order valence-electron chi connectivity index (χ0n) is 15.9. The number of carbonyl (C=O) groups is 2. The van der Waals surface area contributed by atoms with Crippen molar-refractivity contribution < 1.29 is 19.1 Å². The number of ether oxygens (including phenoxy) is 2. The van der Waals surface area contributed by atoms with Gasteiger partial charge in [-0.2, -0.15) is 0 Å². The molecule has 0 fully saturated rings. The lowest BCUT2D eigenvalue weighted by Gasteiger charge is -2.15. The third kappa shape index (κ3) is 5.86. The number of tetrazole rings is 1. The molecule has 0 saturated carbocycles. The van der Waals surface area contributed by atoms with Crippen molar-refractivity contribution in [2.24, 2.45) is 0 Å². The molecular weight excluding hydrogens is 374 g/mol. The molecule has 2 aromatic carbocycles. The molecule has 0 saturated heterocycles. The van der Waals surface area contributed by atoms with E-state index in [2.05, 4.69) is 20.8 Å². The molecule has 9 heteroatoms. The molecule has 0 spiro atoms. The van der Waals surface area contributed by atoms with Crippen molar-refractivity contribution in [3.63, 3.8) is 0 Å². The van der Waals surface area contributed by atoms with Gasteiger partial charge in [0.25, 0.3) is 5.91 Å². The van der Waals surface area contributed by atoms with Gasteiger partial charge in [0.05, 0.1) is 6.61 Å². The van der Waals surface area contributed by atoms with E-state index in [1.54, 1.807) is 24.3 Å². The Kier molecular flexibility index (Phi) is 6.88. The van der Waals surface area contributed by atoms with Crippen LogP contribution in [0, 0.1) is 0 Å². The van der Waals surface area contributed by atoms with Crippen LogP contribution in [-0.2, 0) is 20.7 Å². The van der Waals surface area contributed by atoms with Gasteiger partial charge in [0, 0.05) is 12.1 Å². The maximum Gasteiger partial charge on any atom is 0.331 e. The maximum absolute atomic E-state index is 12.6. The number of benzene rings is 2. The van der Waals surface area contributed by atoms with E-state index >= 15 is 0 Å². The number of hydrogen-bond donors (Lipinski definition) is 1. The lowest BCUT2D eigenvalue weighted by atomic mass is 10.1. The van der Waals surface area contributed by atoms with Crippen molar-refractivity contribution in [2.75, 3.05) is 18.5 Å². The summed E-state index contributed by atoms with van der Waals surface area (Å²) in [6.45, 7) is 2.04. The molecule has 0 aliphatic carbocycles. The van der Waals surface area contributed by atoms with Crippen LogP contribution in [0.2, 0.25) is 0 Å². The van der Waals surface area contributed by atoms with Gasteiger partial charge in [0.1, 0.15) is 12.1 Å². The molecule has 3 rings (SSSR count). The molecule has 1 aromatic heterocycles. The summed E-state index contributed by atoms with van der Waals surface area (Å²) in [7, 11) is 0. The van der Waals surface area contributed by atoms with E-state index in [-0.39, 0.29) is 0 Å². The summed E-state index contributed by atoms with van der Waals surface area (Å²) in [5.74, 6) is -0.331. The quantitative estimate of drug-likeness (QED) is 0.552. The second kappa shape index (κ2) is 9.98. The van der Waals surface area contributed by atoms with E-state index in [4.69, 9.17) is 9.47 Å². The minimum absolute atomic E-state index is 0.339. The number of carbonyl (C=O) groups excluding carboxylic acids is 2. The van der Waals surface area contributed by atoms with Gasteiger partial charge in [-0.25, -0.2) is 9.48 Å². The van der Waals surface area contributed by atoms with E-state index in [0.717, 1.165) is 5.56 Å². The van der Waals surface area contributed by atoms with Gasteiger partial charge in [0.15, 0.2) is 12.6 Å². The van der Waals surface area contributed by atoms with Crippen LogP contribution in [0.1, 0.15) is 18.5 Å². The lowest BCUT2D eigenvalue weighted by Crippen LogP contribution is -2.28. The highest BCUT2D eigenvalue weighted by molar-refractivity contribution is 5.93. The van der Waals surface area contributed by atoms with Crippen molar-refractivity contribution in [2.45, 2.75) is 19.4 Å². The molecule has 0 aliphatic rings. The normalized spacial score (nSPS) is 11.5. The number of nitrogens with one attached hydrogen (secondary N) is 1. The molecule has 0 bridgehead atoms. The van der Waals surface area contributed by atoms with Crippen molar-refractivity contribution >= 4 is 17.6 Å². The fourth-order valence-electron chi connectivity index (χ4n) is 2.66. The fraction of sp³-hybridized carbons (Fsp3) is 0.250. The Balaban J connectivity index is 1.57. The standard InChI is InChI=1S/C20H21N5O4/c1-2-28-17-10-8-16(9-11-17)22-19(26)13-29-20(27)18(25-14-21-23-24-25)12-15-6-4-3-5-7-15/h3-11,14,18H,2,12-13H2,1H3,(H,22,26)/t18-/m1/s1. The zero-order valence-corrected chi connectivity index (χ0v) is 15.9. The summed E-state index contributed by atoms with van der Waals surface area (Å²) < 4.78 is 11.9. The number of rotatable bonds is 9. The number of aromatic nitrogens is 4. The third-order valence-corrected chi connectivity index (χ3v) is 4.02. The number of esters is 1. The Bertz CT molecular complexity index is 914. The Morgan fingerprint density at radius 2 is 1.86 bits per heavy atom. The summed E-state index contributed by atoms with van der Waals surface area (Å²) in [6, 6.07) is 15.6. The maximum atomic E-state index is 12.6. The number of hydrogen-bond acceptors (Lipinski definition) is 7. The predicted molar refractivity (Wildman–Crippen MR) is 104 cm³/mol. The molecule has 3 aromatic rings. The highest BCUT2D eigenvalue weighted by Gasteiger charge is 2.24. The zero-order chi connectivity index (χ0) is 20.5. The first-order chi connectivity index (χ1) is 14.2. The molecule has 9 nitrogen and oxygen atoms in total. The first-order valence-corrected chi connectivity index (χ1v) is 9.11. The van der Waals surface area contributed by atoms with E-state index < -0.39 is 24.5 Å². The topological polar surface area (TPSA) is 108 Å². The fourth-order valence-corrected chi connectivity index (χ4v) is 2.66.